The van der Waals surface area contributed by atoms with Gasteiger partial charge in [0.2, 0.25) is 0 Å². The quantitative estimate of drug-likeness (QED) is 0.434. The minimum Gasteiger partial charge on any atom is -0.475 e. The normalized spacial score (nSPS) is 9.73. The van der Waals surface area contributed by atoms with Gasteiger partial charge in [0.15, 0.2) is 0 Å². The number of carbonyl (C=O) groups is 3. The Morgan fingerprint density at radius 1 is 1.40 bits per heavy atom. The lowest BCUT2D eigenvalue weighted by Crippen LogP contribution is -2.15. The number of esters is 1. The molecule has 0 unspecified atom stereocenters. The molecule has 0 atom stereocenters. The number of ketones is 1. The summed E-state index contributed by atoms with van der Waals surface area (Å²) in [6.45, 7) is 0. The standard InChI is InChI=1S/C9H9NO5/c1-10-4-5(9(14)15-2)3-6(10)7(11)8(12)13/h3-4H,1-2H3,(H,12,13). The summed E-state index contributed by atoms with van der Waals surface area (Å²) < 4.78 is 5.70. The van der Waals surface area contributed by atoms with E-state index < -0.39 is 17.7 Å². The molecule has 0 aliphatic rings. The van der Waals surface area contributed by atoms with E-state index in [4.69, 9.17) is 5.11 Å². The molecule has 0 radical (unpaired) electrons. The molecule has 0 saturated carbocycles. The van der Waals surface area contributed by atoms with E-state index in [1.807, 2.05) is 0 Å². The van der Waals surface area contributed by atoms with Crippen LogP contribution < -0.4 is 0 Å². The highest BCUT2D eigenvalue weighted by atomic mass is 16.5. The maximum atomic E-state index is 11.1. The van der Waals surface area contributed by atoms with Gasteiger partial charge in [0.1, 0.15) is 0 Å². The molecule has 0 bridgehead atoms. The number of ether oxygens (including phenoxy) is 1. The van der Waals surface area contributed by atoms with Gasteiger partial charge in [-0.05, 0) is 6.07 Å². The fourth-order valence-corrected chi connectivity index (χ4v) is 1.13. The Balaban J connectivity index is 3.12. The van der Waals surface area contributed by atoms with Crippen molar-refractivity contribution in [2.24, 2.45) is 7.05 Å². The largest absolute Gasteiger partial charge is 0.475 e. The SMILES string of the molecule is COC(=O)c1cc(C(=O)C(=O)O)n(C)c1. The molecular formula is C9H9NO5. The van der Waals surface area contributed by atoms with E-state index in [-0.39, 0.29) is 11.3 Å². The van der Waals surface area contributed by atoms with Gasteiger partial charge in [-0.25, -0.2) is 9.59 Å². The molecule has 0 fully saturated rings. The van der Waals surface area contributed by atoms with Crippen LogP contribution in [0.2, 0.25) is 0 Å². The topological polar surface area (TPSA) is 85.6 Å². The Morgan fingerprint density at radius 3 is 2.47 bits per heavy atom. The van der Waals surface area contributed by atoms with Crippen molar-refractivity contribution >= 4 is 17.7 Å². The number of nitrogens with zero attached hydrogens (tertiary/aromatic N) is 1. The zero-order valence-electron chi connectivity index (χ0n) is 8.18. The molecule has 0 spiro atoms. The van der Waals surface area contributed by atoms with E-state index in [0.717, 1.165) is 0 Å². The van der Waals surface area contributed by atoms with Gasteiger partial charge in [-0.2, -0.15) is 0 Å². The number of carbonyl (C=O) groups excluding carboxylic acids is 2. The van der Waals surface area contributed by atoms with Crippen LogP contribution in [-0.2, 0) is 16.6 Å². The highest BCUT2D eigenvalue weighted by Gasteiger charge is 2.20. The van der Waals surface area contributed by atoms with Gasteiger partial charge < -0.3 is 14.4 Å². The van der Waals surface area contributed by atoms with E-state index in [1.165, 1.54) is 31.0 Å². The number of carboxylic acids is 1. The molecule has 1 N–H and O–H groups in total. The Hall–Kier alpha value is -2.11. The van der Waals surface area contributed by atoms with Gasteiger partial charge in [-0.1, -0.05) is 0 Å². The summed E-state index contributed by atoms with van der Waals surface area (Å²) in [7, 11) is 2.68. The van der Waals surface area contributed by atoms with Gasteiger partial charge >= 0.3 is 11.9 Å². The zero-order chi connectivity index (χ0) is 11.6. The summed E-state index contributed by atoms with van der Waals surface area (Å²) in [5, 5.41) is 8.49. The Labute approximate surface area is 85.1 Å². The van der Waals surface area contributed by atoms with Crippen molar-refractivity contribution in [1.29, 1.82) is 0 Å². The van der Waals surface area contributed by atoms with Crippen molar-refractivity contribution in [3.05, 3.63) is 23.5 Å². The summed E-state index contributed by atoms with van der Waals surface area (Å²) in [5.41, 5.74) is 0.0764. The number of aliphatic carboxylic acids is 1. The van der Waals surface area contributed by atoms with Crippen LogP contribution in [0.4, 0.5) is 0 Å². The highest BCUT2D eigenvalue weighted by molar-refractivity contribution is 6.39. The molecule has 1 aromatic heterocycles. The number of hydrogen-bond donors (Lipinski definition) is 1. The van der Waals surface area contributed by atoms with Crippen molar-refractivity contribution in [3.8, 4) is 0 Å². The average molecular weight is 211 g/mol. The van der Waals surface area contributed by atoms with Crippen molar-refractivity contribution < 1.29 is 24.2 Å². The van der Waals surface area contributed by atoms with Gasteiger partial charge in [-0.15, -0.1) is 0 Å². The second-order valence-corrected chi connectivity index (χ2v) is 2.85. The summed E-state index contributed by atoms with van der Waals surface area (Å²) in [6, 6.07) is 1.18. The second-order valence-electron chi connectivity index (χ2n) is 2.85. The maximum absolute atomic E-state index is 11.1. The predicted molar refractivity (Wildman–Crippen MR) is 48.7 cm³/mol. The van der Waals surface area contributed by atoms with E-state index >= 15 is 0 Å². The molecule has 0 amide bonds. The molecule has 0 aliphatic heterocycles. The van der Waals surface area contributed by atoms with Crippen molar-refractivity contribution in [1.82, 2.24) is 4.57 Å². The minimum atomic E-state index is -1.56. The van der Waals surface area contributed by atoms with Crippen LogP contribution in [0.3, 0.4) is 0 Å². The number of rotatable bonds is 3. The molecule has 0 saturated heterocycles. The predicted octanol–water partition coefficient (Wildman–Crippen LogP) is 0.0790. The summed E-state index contributed by atoms with van der Waals surface area (Å²) in [5.74, 6) is -3.24. The molecule has 0 aromatic carbocycles. The third-order valence-electron chi connectivity index (χ3n) is 1.85. The fourth-order valence-electron chi connectivity index (χ4n) is 1.13. The molecule has 6 heteroatoms. The smallest absolute Gasteiger partial charge is 0.378 e. The number of aryl methyl sites for hydroxylation is 1. The average Bonchev–Trinajstić information content (AvgIpc) is 2.57. The van der Waals surface area contributed by atoms with Crippen molar-refractivity contribution in [2.45, 2.75) is 0 Å². The first-order valence-electron chi connectivity index (χ1n) is 3.99. The molecule has 80 valence electrons. The molecule has 15 heavy (non-hydrogen) atoms. The van der Waals surface area contributed by atoms with Gasteiger partial charge in [0, 0.05) is 13.2 Å². The van der Waals surface area contributed by atoms with Gasteiger partial charge in [0.25, 0.3) is 5.78 Å². The number of carboxylic acid groups (broad SMARTS) is 1. The molecule has 1 heterocycles. The lowest BCUT2D eigenvalue weighted by Gasteiger charge is -1.95. The maximum Gasteiger partial charge on any atom is 0.378 e. The Bertz CT molecular complexity index is 432. The first-order chi connectivity index (χ1) is 6.97. The van der Waals surface area contributed by atoms with Crippen LogP contribution in [-0.4, -0.2) is 34.5 Å². The van der Waals surface area contributed by atoms with E-state index in [2.05, 4.69) is 4.74 Å². The van der Waals surface area contributed by atoms with Crippen LogP contribution >= 0.6 is 0 Å². The number of Topliss-reactive ketones (excluding diaryl/α,β-unsaturated/α-hetero) is 1. The van der Waals surface area contributed by atoms with Crippen LogP contribution in [0.25, 0.3) is 0 Å². The van der Waals surface area contributed by atoms with Crippen molar-refractivity contribution in [3.63, 3.8) is 0 Å². The summed E-state index contributed by atoms with van der Waals surface area (Å²) in [6.07, 6.45) is 1.34. The van der Waals surface area contributed by atoms with E-state index in [0.29, 0.717) is 0 Å². The molecule has 6 nitrogen and oxygen atoms in total. The number of aromatic nitrogens is 1. The minimum absolute atomic E-state index is 0.0668. The third kappa shape index (κ3) is 2.04. The fraction of sp³-hybridized carbons (Fsp3) is 0.222. The first kappa shape index (κ1) is 11.0. The molecular weight excluding hydrogens is 202 g/mol. The monoisotopic (exact) mass is 211 g/mol. The number of methoxy groups -OCH3 is 1. The lowest BCUT2D eigenvalue weighted by atomic mass is 10.2. The van der Waals surface area contributed by atoms with Crippen molar-refractivity contribution in [2.75, 3.05) is 7.11 Å². The highest BCUT2D eigenvalue weighted by Crippen LogP contribution is 2.09. The van der Waals surface area contributed by atoms with Crippen LogP contribution in [0.1, 0.15) is 20.8 Å². The van der Waals surface area contributed by atoms with E-state index in [9.17, 15) is 14.4 Å². The first-order valence-corrected chi connectivity index (χ1v) is 3.99. The molecule has 1 rings (SSSR count). The van der Waals surface area contributed by atoms with Gasteiger partial charge in [-0.3, -0.25) is 4.79 Å². The second kappa shape index (κ2) is 3.95. The molecule has 0 aliphatic carbocycles. The Morgan fingerprint density at radius 2 is 2.00 bits per heavy atom. The van der Waals surface area contributed by atoms with Crippen LogP contribution in [0.15, 0.2) is 12.3 Å². The van der Waals surface area contributed by atoms with Crippen LogP contribution in [0.5, 0.6) is 0 Å². The molecule has 1 aromatic rings. The van der Waals surface area contributed by atoms with Gasteiger partial charge in [0.05, 0.1) is 18.4 Å². The van der Waals surface area contributed by atoms with Crippen LogP contribution in [0, 0.1) is 0 Å². The lowest BCUT2D eigenvalue weighted by molar-refractivity contribution is -0.131. The van der Waals surface area contributed by atoms with E-state index in [1.54, 1.807) is 0 Å². The third-order valence-corrected chi connectivity index (χ3v) is 1.85. The summed E-state index contributed by atoms with van der Waals surface area (Å²) >= 11 is 0. The zero-order valence-corrected chi connectivity index (χ0v) is 8.18. The number of hydrogen-bond acceptors (Lipinski definition) is 4. The Kier molecular flexibility index (Phi) is 2.89. The summed E-state index contributed by atoms with van der Waals surface area (Å²) in [4.78, 5) is 32.6.